The maximum absolute atomic E-state index is 12.8. The van der Waals surface area contributed by atoms with Crippen LogP contribution in [0.1, 0.15) is 52.4 Å². The summed E-state index contributed by atoms with van der Waals surface area (Å²) in [5.74, 6) is -0.950. The molecular formula is C21H32N4O5S. The van der Waals surface area contributed by atoms with Crippen LogP contribution in [-0.4, -0.2) is 61.6 Å². The number of nitrogens with one attached hydrogen (secondary N) is 2. The number of carbonyl (C=O) groups is 3. The predicted octanol–water partition coefficient (Wildman–Crippen LogP) is 2.55. The Bertz CT molecular complexity index is 914. The quantitative estimate of drug-likeness (QED) is 0.395. The van der Waals surface area contributed by atoms with Gasteiger partial charge in [-0.15, -0.1) is 0 Å². The lowest BCUT2D eigenvalue weighted by molar-refractivity contribution is -0.133. The van der Waals surface area contributed by atoms with Crippen LogP contribution in [0.25, 0.3) is 0 Å². The van der Waals surface area contributed by atoms with E-state index in [9.17, 15) is 22.8 Å². The SMILES string of the molecule is CCCCCCCC1(C)NC(=O)N(CC(=O)Nc2ccc(S(=O)(=O)N(C)C)cc2)C1=O. The van der Waals surface area contributed by atoms with Crippen LogP contribution in [0.4, 0.5) is 10.5 Å². The normalized spacial score (nSPS) is 19.1. The highest BCUT2D eigenvalue weighted by molar-refractivity contribution is 7.89. The number of carbonyl (C=O) groups excluding carboxylic acids is 3. The number of hydrogen-bond donors (Lipinski definition) is 2. The minimum absolute atomic E-state index is 0.0966. The van der Waals surface area contributed by atoms with Crippen molar-refractivity contribution in [2.45, 2.75) is 62.8 Å². The first kappa shape index (κ1) is 24.8. The van der Waals surface area contributed by atoms with Gasteiger partial charge in [-0.2, -0.15) is 0 Å². The molecule has 1 aliphatic rings. The monoisotopic (exact) mass is 452 g/mol. The fourth-order valence-electron chi connectivity index (χ4n) is 3.41. The first-order valence-corrected chi connectivity index (χ1v) is 11.9. The highest BCUT2D eigenvalue weighted by Gasteiger charge is 2.47. The summed E-state index contributed by atoms with van der Waals surface area (Å²) < 4.78 is 25.3. The van der Waals surface area contributed by atoms with Crippen LogP contribution in [0.5, 0.6) is 0 Å². The van der Waals surface area contributed by atoms with E-state index >= 15 is 0 Å². The molecule has 0 aliphatic carbocycles. The van der Waals surface area contributed by atoms with Crippen molar-refractivity contribution in [2.75, 3.05) is 26.0 Å². The van der Waals surface area contributed by atoms with Gasteiger partial charge in [0.15, 0.2) is 0 Å². The van der Waals surface area contributed by atoms with E-state index in [2.05, 4.69) is 17.6 Å². The maximum atomic E-state index is 12.8. The summed E-state index contributed by atoms with van der Waals surface area (Å²) >= 11 is 0. The van der Waals surface area contributed by atoms with Gasteiger partial charge in [-0.3, -0.25) is 14.5 Å². The van der Waals surface area contributed by atoms with E-state index in [0.29, 0.717) is 12.1 Å². The minimum Gasteiger partial charge on any atom is -0.325 e. The van der Waals surface area contributed by atoms with Crippen LogP contribution < -0.4 is 10.6 Å². The molecule has 2 rings (SSSR count). The van der Waals surface area contributed by atoms with Gasteiger partial charge in [-0.1, -0.05) is 39.0 Å². The molecule has 0 radical (unpaired) electrons. The Morgan fingerprint density at radius 1 is 1.10 bits per heavy atom. The van der Waals surface area contributed by atoms with Gasteiger partial charge in [0.25, 0.3) is 5.91 Å². The summed E-state index contributed by atoms with van der Waals surface area (Å²) in [6.07, 6.45) is 5.71. The smallest absolute Gasteiger partial charge is 0.325 e. The zero-order chi connectivity index (χ0) is 23.2. The van der Waals surface area contributed by atoms with Crippen LogP contribution >= 0.6 is 0 Å². The van der Waals surface area contributed by atoms with Crippen molar-refractivity contribution in [1.82, 2.24) is 14.5 Å². The fourth-order valence-corrected chi connectivity index (χ4v) is 4.31. The van der Waals surface area contributed by atoms with Crippen LogP contribution in [0.3, 0.4) is 0 Å². The third-order valence-electron chi connectivity index (χ3n) is 5.34. The molecule has 1 saturated heterocycles. The van der Waals surface area contributed by atoms with Crippen LogP contribution in [0.15, 0.2) is 29.2 Å². The summed E-state index contributed by atoms with van der Waals surface area (Å²) in [6.45, 7) is 3.41. The molecule has 0 aromatic heterocycles. The number of anilines is 1. The van der Waals surface area contributed by atoms with Gasteiger partial charge >= 0.3 is 6.03 Å². The Kier molecular flexibility index (Phi) is 8.19. The second-order valence-electron chi connectivity index (χ2n) is 8.18. The first-order valence-electron chi connectivity index (χ1n) is 10.5. The molecule has 0 bridgehead atoms. The van der Waals surface area contributed by atoms with E-state index in [1.807, 2.05) is 0 Å². The maximum Gasteiger partial charge on any atom is 0.325 e. The van der Waals surface area contributed by atoms with Crippen LogP contribution in [0, 0.1) is 0 Å². The molecule has 4 amide bonds. The molecule has 1 fully saturated rings. The molecule has 9 nitrogen and oxygen atoms in total. The Morgan fingerprint density at radius 3 is 2.29 bits per heavy atom. The van der Waals surface area contributed by atoms with E-state index in [4.69, 9.17) is 0 Å². The summed E-state index contributed by atoms with van der Waals surface area (Å²) in [4.78, 5) is 38.4. The fraction of sp³-hybridized carbons (Fsp3) is 0.571. The number of urea groups is 1. The lowest BCUT2D eigenvalue weighted by Gasteiger charge is -2.21. The molecule has 2 N–H and O–H groups in total. The molecule has 0 saturated carbocycles. The topological polar surface area (TPSA) is 116 Å². The largest absolute Gasteiger partial charge is 0.325 e. The van der Waals surface area contributed by atoms with E-state index in [0.717, 1.165) is 41.3 Å². The van der Waals surface area contributed by atoms with Gasteiger partial charge in [0, 0.05) is 19.8 Å². The Morgan fingerprint density at radius 2 is 1.71 bits per heavy atom. The predicted molar refractivity (Wildman–Crippen MR) is 118 cm³/mol. The number of unbranched alkanes of at least 4 members (excludes halogenated alkanes) is 4. The summed E-state index contributed by atoms with van der Waals surface area (Å²) in [5, 5.41) is 5.30. The van der Waals surface area contributed by atoms with E-state index in [1.165, 1.54) is 38.4 Å². The van der Waals surface area contributed by atoms with Crippen LogP contribution in [0.2, 0.25) is 0 Å². The zero-order valence-corrected chi connectivity index (χ0v) is 19.4. The molecule has 1 aliphatic heterocycles. The molecule has 1 heterocycles. The minimum atomic E-state index is -3.57. The van der Waals surface area contributed by atoms with Crippen molar-refractivity contribution >= 4 is 33.6 Å². The lowest BCUT2D eigenvalue weighted by Crippen LogP contribution is -2.44. The third kappa shape index (κ3) is 6.04. The average Bonchev–Trinajstić information content (AvgIpc) is 2.91. The Labute approximate surface area is 184 Å². The van der Waals surface area contributed by atoms with Gasteiger partial charge in [0.05, 0.1) is 4.90 Å². The molecule has 1 aromatic carbocycles. The second kappa shape index (κ2) is 10.2. The Balaban J connectivity index is 1.94. The number of hydrogen-bond acceptors (Lipinski definition) is 5. The van der Waals surface area contributed by atoms with Crippen molar-refractivity contribution in [3.8, 4) is 0 Å². The van der Waals surface area contributed by atoms with Crippen molar-refractivity contribution in [1.29, 1.82) is 0 Å². The molecule has 0 spiro atoms. The third-order valence-corrected chi connectivity index (χ3v) is 7.17. The van der Waals surface area contributed by atoms with Crippen LogP contribution in [-0.2, 0) is 19.6 Å². The van der Waals surface area contributed by atoms with Crippen molar-refractivity contribution in [2.24, 2.45) is 0 Å². The van der Waals surface area contributed by atoms with E-state index in [1.54, 1.807) is 6.92 Å². The molecule has 1 atom stereocenters. The zero-order valence-electron chi connectivity index (χ0n) is 18.6. The van der Waals surface area contributed by atoms with Crippen molar-refractivity contribution in [3.63, 3.8) is 0 Å². The molecule has 1 unspecified atom stereocenters. The first-order chi connectivity index (χ1) is 14.5. The Hall–Kier alpha value is -2.46. The standard InChI is InChI=1S/C21H32N4O5S/c1-5-6-7-8-9-14-21(2)19(27)25(20(28)23-21)15-18(26)22-16-10-12-17(13-11-16)31(29,30)24(3)4/h10-13H,5-9,14-15H2,1-4H3,(H,22,26)(H,23,28). The van der Waals surface area contributed by atoms with E-state index in [-0.39, 0.29) is 4.90 Å². The van der Waals surface area contributed by atoms with Gasteiger partial charge in [0.2, 0.25) is 15.9 Å². The number of nitrogens with zero attached hydrogens (tertiary/aromatic N) is 2. The second-order valence-corrected chi connectivity index (χ2v) is 10.3. The molecule has 1 aromatic rings. The number of imide groups is 1. The van der Waals surface area contributed by atoms with Crippen molar-refractivity contribution < 1.29 is 22.8 Å². The van der Waals surface area contributed by atoms with E-state index < -0.39 is 40.0 Å². The number of amides is 4. The summed E-state index contributed by atoms with van der Waals surface area (Å²) in [6, 6.07) is 5.10. The summed E-state index contributed by atoms with van der Waals surface area (Å²) in [5.41, 5.74) is -0.625. The van der Waals surface area contributed by atoms with Gasteiger partial charge in [-0.25, -0.2) is 17.5 Å². The van der Waals surface area contributed by atoms with Gasteiger partial charge < -0.3 is 10.6 Å². The molecule has 172 valence electrons. The molecule has 10 heteroatoms. The number of rotatable bonds is 11. The molecular weight excluding hydrogens is 420 g/mol. The number of sulfonamides is 1. The lowest BCUT2D eigenvalue weighted by atomic mass is 9.94. The van der Waals surface area contributed by atoms with Crippen molar-refractivity contribution in [3.05, 3.63) is 24.3 Å². The summed E-state index contributed by atoms with van der Waals surface area (Å²) in [7, 11) is -0.701. The highest BCUT2D eigenvalue weighted by atomic mass is 32.2. The van der Waals surface area contributed by atoms with Gasteiger partial charge in [-0.05, 0) is 37.6 Å². The van der Waals surface area contributed by atoms with Gasteiger partial charge in [0.1, 0.15) is 12.1 Å². The average molecular weight is 453 g/mol. The highest BCUT2D eigenvalue weighted by Crippen LogP contribution is 2.24. The number of benzene rings is 1. The molecule has 31 heavy (non-hydrogen) atoms.